The van der Waals surface area contributed by atoms with Crippen LogP contribution in [0.15, 0.2) is 30.3 Å². The summed E-state index contributed by atoms with van der Waals surface area (Å²) in [5.74, 6) is 2.46. The summed E-state index contributed by atoms with van der Waals surface area (Å²) in [5.41, 5.74) is 0.810. The van der Waals surface area contributed by atoms with Crippen LogP contribution in [0, 0.1) is 0 Å². The van der Waals surface area contributed by atoms with Crippen LogP contribution < -0.4 is 10.6 Å². The van der Waals surface area contributed by atoms with Crippen molar-refractivity contribution in [2.24, 2.45) is 0 Å². The monoisotopic (exact) mass is 326 g/mol. The molecule has 1 saturated heterocycles. The van der Waals surface area contributed by atoms with Gasteiger partial charge in [0.25, 0.3) is 0 Å². The van der Waals surface area contributed by atoms with E-state index in [-0.39, 0.29) is 6.03 Å². The molecule has 3 heterocycles. The Kier molecular flexibility index (Phi) is 4.17. The lowest BCUT2D eigenvalue weighted by atomic mass is 9.97. The molecule has 2 amide bonds. The number of para-hydroxylation sites is 1. The number of amides is 2. The van der Waals surface area contributed by atoms with Gasteiger partial charge in [0, 0.05) is 24.7 Å². The summed E-state index contributed by atoms with van der Waals surface area (Å²) in [6, 6.07) is 9.45. The fraction of sp³-hybridized carbons (Fsp3) is 0.471. The molecule has 0 atom stereocenters. The molecule has 0 radical (unpaired) electrons. The van der Waals surface area contributed by atoms with E-state index in [1.807, 2.05) is 30.3 Å². The van der Waals surface area contributed by atoms with Gasteiger partial charge in [0.05, 0.1) is 6.54 Å². The molecule has 2 aliphatic heterocycles. The van der Waals surface area contributed by atoms with Crippen LogP contribution in [0.1, 0.15) is 30.4 Å². The molecular weight excluding hydrogens is 304 g/mol. The molecule has 0 spiro atoms. The summed E-state index contributed by atoms with van der Waals surface area (Å²) in [6.07, 6.45) is 2.21. The zero-order valence-electron chi connectivity index (χ0n) is 13.6. The van der Waals surface area contributed by atoms with E-state index in [2.05, 4.69) is 25.4 Å². The molecular formula is C17H22N6O. The summed E-state index contributed by atoms with van der Waals surface area (Å²) in [7, 11) is 0. The van der Waals surface area contributed by atoms with Gasteiger partial charge in [-0.05, 0) is 38.1 Å². The van der Waals surface area contributed by atoms with E-state index in [1.54, 1.807) is 4.90 Å². The minimum atomic E-state index is -0.0844. The highest BCUT2D eigenvalue weighted by atomic mass is 16.2. The van der Waals surface area contributed by atoms with E-state index in [0.717, 1.165) is 49.8 Å². The van der Waals surface area contributed by atoms with Crippen LogP contribution in [-0.2, 0) is 13.1 Å². The van der Waals surface area contributed by atoms with E-state index in [9.17, 15) is 4.79 Å². The van der Waals surface area contributed by atoms with Gasteiger partial charge in [-0.2, -0.15) is 0 Å². The van der Waals surface area contributed by atoms with Gasteiger partial charge in [0.15, 0.2) is 5.82 Å². The van der Waals surface area contributed by atoms with Gasteiger partial charge in [0.2, 0.25) is 0 Å². The molecule has 2 aromatic rings. The number of anilines is 1. The van der Waals surface area contributed by atoms with Crippen molar-refractivity contribution in [1.82, 2.24) is 25.0 Å². The smallest absolute Gasteiger partial charge is 0.317 e. The topological polar surface area (TPSA) is 75.1 Å². The average molecular weight is 326 g/mol. The van der Waals surface area contributed by atoms with Crippen LogP contribution in [0.4, 0.5) is 10.5 Å². The summed E-state index contributed by atoms with van der Waals surface area (Å²) in [6.45, 7) is 4.04. The Labute approximate surface area is 141 Å². The number of carbonyl (C=O) groups is 1. The zero-order valence-corrected chi connectivity index (χ0v) is 13.6. The van der Waals surface area contributed by atoms with Gasteiger partial charge < -0.3 is 20.1 Å². The fourth-order valence-corrected chi connectivity index (χ4v) is 3.46. The Morgan fingerprint density at radius 2 is 1.92 bits per heavy atom. The summed E-state index contributed by atoms with van der Waals surface area (Å²) in [4.78, 5) is 14.2. The van der Waals surface area contributed by atoms with Crippen molar-refractivity contribution >= 4 is 11.7 Å². The lowest BCUT2D eigenvalue weighted by Gasteiger charge is -2.29. The lowest BCUT2D eigenvalue weighted by molar-refractivity contribution is 0.194. The van der Waals surface area contributed by atoms with Crippen molar-refractivity contribution in [3.63, 3.8) is 0 Å². The number of piperidine rings is 1. The third-order valence-corrected chi connectivity index (χ3v) is 4.80. The lowest BCUT2D eigenvalue weighted by Crippen LogP contribution is -2.41. The van der Waals surface area contributed by atoms with Crippen molar-refractivity contribution in [3.05, 3.63) is 42.0 Å². The predicted molar refractivity (Wildman–Crippen MR) is 90.7 cm³/mol. The van der Waals surface area contributed by atoms with E-state index in [4.69, 9.17) is 0 Å². The number of carbonyl (C=O) groups excluding carboxylic acids is 1. The zero-order chi connectivity index (χ0) is 16.4. The van der Waals surface area contributed by atoms with Crippen LogP contribution in [0.25, 0.3) is 0 Å². The van der Waals surface area contributed by atoms with Crippen LogP contribution in [0.3, 0.4) is 0 Å². The first-order valence-electron chi connectivity index (χ1n) is 8.55. The Hall–Kier alpha value is -2.41. The van der Waals surface area contributed by atoms with Crippen LogP contribution in [0.2, 0.25) is 0 Å². The van der Waals surface area contributed by atoms with Crippen LogP contribution in [-0.4, -0.2) is 45.3 Å². The first kappa shape index (κ1) is 15.1. The maximum absolute atomic E-state index is 12.4. The van der Waals surface area contributed by atoms with Gasteiger partial charge in [-0.25, -0.2) is 4.79 Å². The van der Waals surface area contributed by atoms with Gasteiger partial charge >= 0.3 is 6.03 Å². The third kappa shape index (κ3) is 2.99. The molecule has 0 bridgehead atoms. The molecule has 0 aliphatic carbocycles. The number of rotatable bonds is 2. The SMILES string of the molecule is O=C(Nc1ccccc1)N1CCn2c(nnc2C2CCNCC2)C1. The maximum Gasteiger partial charge on any atom is 0.322 e. The van der Waals surface area contributed by atoms with Crippen molar-refractivity contribution in [1.29, 1.82) is 0 Å². The van der Waals surface area contributed by atoms with Gasteiger partial charge in [-0.15, -0.1) is 10.2 Å². The molecule has 7 nitrogen and oxygen atoms in total. The molecule has 1 aromatic heterocycles. The van der Waals surface area contributed by atoms with Gasteiger partial charge in [-0.1, -0.05) is 18.2 Å². The minimum absolute atomic E-state index is 0.0844. The number of hydrogen-bond acceptors (Lipinski definition) is 4. The molecule has 4 rings (SSSR count). The molecule has 1 aromatic carbocycles. The number of nitrogens with zero attached hydrogens (tertiary/aromatic N) is 4. The van der Waals surface area contributed by atoms with Crippen molar-refractivity contribution in [3.8, 4) is 0 Å². The summed E-state index contributed by atoms with van der Waals surface area (Å²) >= 11 is 0. The molecule has 1 fully saturated rings. The number of aromatic nitrogens is 3. The molecule has 7 heteroatoms. The quantitative estimate of drug-likeness (QED) is 0.882. The number of nitrogens with one attached hydrogen (secondary N) is 2. The van der Waals surface area contributed by atoms with E-state index >= 15 is 0 Å². The van der Waals surface area contributed by atoms with Crippen molar-refractivity contribution in [2.45, 2.75) is 31.8 Å². The van der Waals surface area contributed by atoms with Crippen molar-refractivity contribution in [2.75, 3.05) is 25.0 Å². The summed E-state index contributed by atoms with van der Waals surface area (Å²) in [5, 5.41) is 15.1. The fourth-order valence-electron chi connectivity index (χ4n) is 3.46. The third-order valence-electron chi connectivity index (χ3n) is 4.80. The molecule has 0 unspecified atom stereocenters. The molecule has 126 valence electrons. The molecule has 2 aliphatic rings. The standard InChI is InChI=1S/C17H22N6O/c24-17(19-14-4-2-1-3-5-14)22-10-11-23-15(12-22)20-21-16(23)13-6-8-18-9-7-13/h1-5,13,18H,6-12H2,(H,19,24). The van der Waals surface area contributed by atoms with E-state index in [1.165, 1.54) is 0 Å². The summed E-state index contributed by atoms with van der Waals surface area (Å²) < 4.78 is 2.21. The maximum atomic E-state index is 12.4. The second-order valence-corrected chi connectivity index (χ2v) is 6.37. The molecule has 0 saturated carbocycles. The second-order valence-electron chi connectivity index (χ2n) is 6.37. The van der Waals surface area contributed by atoms with E-state index < -0.39 is 0 Å². The first-order valence-corrected chi connectivity index (χ1v) is 8.55. The van der Waals surface area contributed by atoms with Crippen LogP contribution in [0.5, 0.6) is 0 Å². The Morgan fingerprint density at radius 1 is 1.12 bits per heavy atom. The average Bonchev–Trinajstić information content (AvgIpc) is 3.06. The van der Waals surface area contributed by atoms with E-state index in [0.29, 0.717) is 19.0 Å². The van der Waals surface area contributed by atoms with Gasteiger partial charge in [0.1, 0.15) is 5.82 Å². The Morgan fingerprint density at radius 3 is 2.71 bits per heavy atom. The first-order chi connectivity index (χ1) is 11.8. The number of urea groups is 1. The Balaban J connectivity index is 1.44. The number of benzene rings is 1. The highest BCUT2D eigenvalue weighted by Crippen LogP contribution is 2.26. The molecule has 2 N–H and O–H groups in total. The normalized spacial score (nSPS) is 18.2. The highest BCUT2D eigenvalue weighted by Gasteiger charge is 2.28. The predicted octanol–water partition coefficient (Wildman–Crippen LogP) is 1.79. The number of hydrogen-bond donors (Lipinski definition) is 2. The largest absolute Gasteiger partial charge is 0.322 e. The highest BCUT2D eigenvalue weighted by molar-refractivity contribution is 5.89. The van der Waals surface area contributed by atoms with Crippen molar-refractivity contribution < 1.29 is 4.79 Å². The van der Waals surface area contributed by atoms with Crippen LogP contribution >= 0.6 is 0 Å². The van der Waals surface area contributed by atoms with Gasteiger partial charge in [-0.3, -0.25) is 0 Å². The number of fused-ring (bicyclic) bond motifs is 1. The second kappa shape index (κ2) is 6.60. The molecule has 24 heavy (non-hydrogen) atoms. The Bertz CT molecular complexity index is 707. The minimum Gasteiger partial charge on any atom is -0.317 e.